The molecule has 1 saturated heterocycles. The van der Waals surface area contributed by atoms with Gasteiger partial charge in [0, 0.05) is 44.5 Å². The number of carbonyl (C=O) groups is 1. The topological polar surface area (TPSA) is 81.9 Å². The maximum atomic E-state index is 13.3. The maximum Gasteiger partial charge on any atom is 0.259 e. The number of piperazine rings is 1. The van der Waals surface area contributed by atoms with Gasteiger partial charge in [-0.2, -0.15) is 5.26 Å². The number of nitrogens with zero attached hydrogens (tertiary/aromatic N) is 5. The van der Waals surface area contributed by atoms with E-state index in [-0.39, 0.29) is 5.91 Å². The molecule has 3 heterocycles. The Balaban J connectivity index is 1.11. The Morgan fingerprint density at radius 2 is 1.89 bits per heavy atom. The van der Waals surface area contributed by atoms with Crippen molar-refractivity contribution in [2.75, 3.05) is 44.2 Å². The first-order valence-electron chi connectivity index (χ1n) is 13.0. The fraction of sp³-hybridized carbons (Fsp3) is 0.300. The second-order valence-corrected chi connectivity index (χ2v) is 9.35. The summed E-state index contributed by atoms with van der Waals surface area (Å²) in [6.07, 6.45) is 14.2. The number of ether oxygens (including phenoxy) is 2. The molecule has 1 aromatic heterocycles. The number of carbonyl (C=O) groups excluding carboxylic acids is 1. The summed E-state index contributed by atoms with van der Waals surface area (Å²) in [6.45, 7) is 4.92. The van der Waals surface area contributed by atoms with Crippen molar-refractivity contribution in [2.24, 2.45) is 0 Å². The third kappa shape index (κ3) is 6.13. The van der Waals surface area contributed by atoms with Crippen LogP contribution in [0.2, 0.25) is 0 Å². The Morgan fingerprint density at radius 1 is 1.05 bits per heavy atom. The van der Waals surface area contributed by atoms with E-state index in [2.05, 4.69) is 39.1 Å². The van der Waals surface area contributed by atoms with Gasteiger partial charge in [0.1, 0.15) is 12.1 Å². The highest BCUT2D eigenvalue weighted by Gasteiger charge is 2.24. The third-order valence-electron chi connectivity index (χ3n) is 6.88. The second-order valence-electron chi connectivity index (χ2n) is 9.35. The number of allylic oxidation sites excluding steroid dienone is 4. The largest absolute Gasteiger partial charge is 0.456 e. The summed E-state index contributed by atoms with van der Waals surface area (Å²) in [5, 5.41) is 9.06. The number of amides is 1. The first-order valence-corrected chi connectivity index (χ1v) is 13.0. The van der Waals surface area contributed by atoms with E-state index in [4.69, 9.17) is 14.7 Å². The number of nitriles is 1. The molecule has 0 radical (unpaired) electrons. The minimum atomic E-state index is -0.119. The van der Waals surface area contributed by atoms with E-state index in [0.29, 0.717) is 23.5 Å². The predicted molar refractivity (Wildman–Crippen MR) is 144 cm³/mol. The van der Waals surface area contributed by atoms with Gasteiger partial charge in [0.05, 0.1) is 11.6 Å². The summed E-state index contributed by atoms with van der Waals surface area (Å²) in [5.74, 6) is 2.03. The summed E-state index contributed by atoms with van der Waals surface area (Å²) in [7, 11) is 0. The smallest absolute Gasteiger partial charge is 0.259 e. The van der Waals surface area contributed by atoms with E-state index in [1.54, 1.807) is 47.9 Å². The van der Waals surface area contributed by atoms with Gasteiger partial charge in [-0.15, -0.1) is 0 Å². The predicted octanol–water partition coefficient (Wildman–Crippen LogP) is 4.57. The molecule has 0 unspecified atom stereocenters. The summed E-state index contributed by atoms with van der Waals surface area (Å²) in [6, 6.07) is 14.4. The van der Waals surface area contributed by atoms with Crippen molar-refractivity contribution >= 4 is 11.7 Å². The molecule has 0 bridgehead atoms. The molecule has 1 aliphatic carbocycles. The number of rotatable bonds is 8. The molecule has 0 N–H and O–H groups in total. The standard InChI is InChI=1S/C30H31N5O3/c31-21-24-10-12-26(13-11-24)30(36)35(28-9-4-5-14-32-28)16-6-15-33-17-19-34(20-18-33)29-23-37-27(22-38-29)25-7-2-1-3-8-25/h1-2,4-5,7,9-14,22-23H,3,6,8,15-20H2. The van der Waals surface area contributed by atoms with Gasteiger partial charge in [0.25, 0.3) is 5.91 Å². The van der Waals surface area contributed by atoms with E-state index in [9.17, 15) is 4.79 Å². The molecule has 1 fully saturated rings. The molecule has 2 aliphatic heterocycles. The average molecular weight is 510 g/mol. The molecular formula is C30H31N5O3. The van der Waals surface area contributed by atoms with Crippen LogP contribution in [-0.2, 0) is 9.47 Å². The lowest BCUT2D eigenvalue weighted by molar-refractivity contribution is 0.0840. The average Bonchev–Trinajstić information content (AvgIpc) is 3.00. The molecule has 0 saturated carbocycles. The number of anilines is 1. The van der Waals surface area contributed by atoms with Crippen molar-refractivity contribution in [3.8, 4) is 6.07 Å². The minimum Gasteiger partial charge on any atom is -0.456 e. The van der Waals surface area contributed by atoms with Crippen LogP contribution in [0.4, 0.5) is 5.82 Å². The van der Waals surface area contributed by atoms with Crippen molar-refractivity contribution < 1.29 is 14.3 Å². The minimum absolute atomic E-state index is 0.119. The van der Waals surface area contributed by atoms with Gasteiger partial charge in [-0.3, -0.25) is 14.6 Å². The molecule has 8 heteroatoms. The van der Waals surface area contributed by atoms with Gasteiger partial charge >= 0.3 is 0 Å². The van der Waals surface area contributed by atoms with Gasteiger partial charge in [-0.25, -0.2) is 4.98 Å². The highest BCUT2D eigenvalue weighted by atomic mass is 16.6. The van der Waals surface area contributed by atoms with Crippen molar-refractivity contribution in [2.45, 2.75) is 19.3 Å². The van der Waals surface area contributed by atoms with Crippen LogP contribution >= 0.6 is 0 Å². The molecule has 0 spiro atoms. The Kier molecular flexibility index (Phi) is 8.16. The molecule has 1 amide bonds. The quantitative estimate of drug-likeness (QED) is 0.516. The van der Waals surface area contributed by atoms with Crippen LogP contribution in [-0.4, -0.2) is 60.0 Å². The van der Waals surface area contributed by atoms with Crippen molar-refractivity contribution in [1.82, 2.24) is 14.8 Å². The fourth-order valence-electron chi connectivity index (χ4n) is 4.71. The van der Waals surface area contributed by atoms with Crippen molar-refractivity contribution in [3.63, 3.8) is 0 Å². The van der Waals surface area contributed by atoms with Gasteiger partial charge in [0.15, 0.2) is 12.0 Å². The molecule has 5 rings (SSSR count). The number of benzene rings is 1. The van der Waals surface area contributed by atoms with E-state index in [1.165, 1.54) is 0 Å². The Labute approximate surface area is 223 Å². The van der Waals surface area contributed by atoms with Crippen LogP contribution in [0, 0.1) is 11.3 Å². The SMILES string of the molecule is N#Cc1ccc(C(=O)N(CCCN2CCN(C3=COC(C4=CC=CCC4)=CO3)CC2)c2ccccn2)cc1. The highest BCUT2D eigenvalue weighted by Crippen LogP contribution is 2.26. The first-order chi connectivity index (χ1) is 18.7. The molecule has 2 aromatic rings. The number of pyridine rings is 1. The highest BCUT2D eigenvalue weighted by molar-refractivity contribution is 6.05. The zero-order valence-corrected chi connectivity index (χ0v) is 21.3. The van der Waals surface area contributed by atoms with Gasteiger partial charge in [-0.05, 0) is 67.8 Å². The lowest BCUT2D eigenvalue weighted by atomic mass is 10.0. The molecule has 194 valence electrons. The fourth-order valence-corrected chi connectivity index (χ4v) is 4.71. The molecule has 38 heavy (non-hydrogen) atoms. The summed E-state index contributed by atoms with van der Waals surface area (Å²) in [4.78, 5) is 24.0. The maximum absolute atomic E-state index is 13.3. The van der Waals surface area contributed by atoms with Crippen LogP contribution in [0.5, 0.6) is 0 Å². The monoisotopic (exact) mass is 509 g/mol. The zero-order chi connectivity index (χ0) is 26.2. The van der Waals surface area contributed by atoms with Crippen LogP contribution in [0.3, 0.4) is 0 Å². The van der Waals surface area contributed by atoms with Crippen LogP contribution in [0.25, 0.3) is 0 Å². The lowest BCUT2D eigenvalue weighted by Crippen LogP contribution is -2.47. The van der Waals surface area contributed by atoms with E-state index >= 15 is 0 Å². The molecule has 1 aromatic carbocycles. The van der Waals surface area contributed by atoms with E-state index in [1.807, 2.05) is 18.2 Å². The first kappa shape index (κ1) is 25.3. The number of hydrogen-bond donors (Lipinski definition) is 0. The zero-order valence-electron chi connectivity index (χ0n) is 21.3. The third-order valence-corrected chi connectivity index (χ3v) is 6.88. The molecule has 0 atom stereocenters. The Bertz CT molecular complexity index is 1280. The summed E-state index contributed by atoms with van der Waals surface area (Å²) >= 11 is 0. The van der Waals surface area contributed by atoms with Gasteiger partial charge < -0.3 is 14.4 Å². The van der Waals surface area contributed by atoms with E-state index in [0.717, 1.165) is 69.2 Å². The van der Waals surface area contributed by atoms with Crippen molar-refractivity contribution in [1.29, 1.82) is 5.26 Å². The second kappa shape index (κ2) is 12.3. The van der Waals surface area contributed by atoms with Crippen LogP contribution < -0.4 is 4.90 Å². The molecule has 3 aliphatic rings. The number of aromatic nitrogens is 1. The Morgan fingerprint density at radius 3 is 2.55 bits per heavy atom. The number of hydrogen-bond acceptors (Lipinski definition) is 7. The Hall–Kier alpha value is -4.35. The summed E-state index contributed by atoms with van der Waals surface area (Å²) in [5.41, 5.74) is 2.23. The lowest BCUT2D eigenvalue weighted by Gasteiger charge is -2.37. The van der Waals surface area contributed by atoms with E-state index < -0.39 is 0 Å². The van der Waals surface area contributed by atoms with Gasteiger partial charge in [0.2, 0.25) is 5.88 Å². The van der Waals surface area contributed by atoms with Gasteiger partial charge in [-0.1, -0.05) is 24.3 Å². The van der Waals surface area contributed by atoms with Crippen molar-refractivity contribution in [3.05, 3.63) is 108 Å². The molecular weight excluding hydrogens is 478 g/mol. The van der Waals surface area contributed by atoms with Crippen LogP contribution in [0.1, 0.15) is 35.2 Å². The summed E-state index contributed by atoms with van der Waals surface area (Å²) < 4.78 is 11.8. The molecule has 8 nitrogen and oxygen atoms in total. The van der Waals surface area contributed by atoms with Crippen LogP contribution in [0.15, 0.2) is 96.6 Å². The normalized spacial score (nSPS) is 17.3.